The molecule has 0 N–H and O–H groups in total. The maximum absolute atomic E-state index is 12.4. The van der Waals surface area contributed by atoms with Crippen molar-refractivity contribution in [3.63, 3.8) is 0 Å². The van der Waals surface area contributed by atoms with E-state index in [-0.39, 0.29) is 12.0 Å². The largest absolute Gasteiger partial charge is 0.453 e. The van der Waals surface area contributed by atoms with Crippen LogP contribution < -0.4 is 0 Å². The maximum atomic E-state index is 12.4. The van der Waals surface area contributed by atoms with Crippen molar-refractivity contribution in [3.05, 3.63) is 33.3 Å². The van der Waals surface area contributed by atoms with E-state index in [1.165, 1.54) is 7.11 Å². The summed E-state index contributed by atoms with van der Waals surface area (Å²) in [5.41, 5.74) is 0.570. The van der Waals surface area contributed by atoms with E-state index in [1.54, 1.807) is 28.0 Å². The topological polar surface area (TPSA) is 49.9 Å². The van der Waals surface area contributed by atoms with Gasteiger partial charge in [-0.3, -0.25) is 4.79 Å². The smallest absolute Gasteiger partial charge is 0.409 e. The van der Waals surface area contributed by atoms with Gasteiger partial charge in [0.05, 0.1) is 12.7 Å². The van der Waals surface area contributed by atoms with Crippen LogP contribution in [0.25, 0.3) is 0 Å². The number of carbonyl (C=O) groups is 2. The van der Waals surface area contributed by atoms with Crippen molar-refractivity contribution in [2.75, 3.05) is 33.3 Å². The van der Waals surface area contributed by atoms with E-state index in [9.17, 15) is 9.59 Å². The highest BCUT2D eigenvalue weighted by molar-refractivity contribution is 9.10. The number of carbonyl (C=O) groups excluding carboxylic acids is 2. The molecule has 0 atom stereocenters. The minimum atomic E-state index is -0.357. The van der Waals surface area contributed by atoms with Crippen LogP contribution in [0.3, 0.4) is 0 Å². The summed E-state index contributed by atoms with van der Waals surface area (Å²) in [6, 6.07) is 5.07. The summed E-state index contributed by atoms with van der Waals surface area (Å²) in [5, 5.41) is 0.573. The number of methoxy groups -OCH3 is 1. The molecule has 0 aromatic heterocycles. The molecule has 0 aliphatic carbocycles. The summed E-state index contributed by atoms with van der Waals surface area (Å²) in [4.78, 5) is 27.1. The van der Waals surface area contributed by atoms with Gasteiger partial charge in [-0.1, -0.05) is 11.6 Å². The Morgan fingerprint density at radius 3 is 2.35 bits per heavy atom. The first kappa shape index (κ1) is 15.1. The standard InChI is InChI=1S/C13H14BrClN2O3/c1-20-13(19)17-6-4-16(5-7-17)12(18)10-3-2-9(15)8-11(10)14/h2-3,8H,4-7H2,1H3. The minimum absolute atomic E-state index is 0.0712. The normalized spacial score (nSPS) is 15.2. The van der Waals surface area contributed by atoms with Crippen molar-refractivity contribution in [1.82, 2.24) is 9.80 Å². The Morgan fingerprint density at radius 1 is 1.20 bits per heavy atom. The third-order valence-corrected chi connectivity index (χ3v) is 4.05. The maximum Gasteiger partial charge on any atom is 0.409 e. The molecule has 1 heterocycles. The number of ether oxygens (including phenoxy) is 1. The molecule has 7 heteroatoms. The molecule has 1 aliphatic rings. The van der Waals surface area contributed by atoms with Crippen LogP contribution in [0.5, 0.6) is 0 Å². The molecular weight excluding hydrogens is 348 g/mol. The average molecular weight is 362 g/mol. The Balaban J connectivity index is 2.03. The van der Waals surface area contributed by atoms with Gasteiger partial charge in [-0.25, -0.2) is 4.79 Å². The lowest BCUT2D eigenvalue weighted by Gasteiger charge is -2.34. The number of amides is 2. The third-order valence-electron chi connectivity index (χ3n) is 3.16. The van der Waals surface area contributed by atoms with Crippen LogP contribution in [0.15, 0.2) is 22.7 Å². The molecule has 20 heavy (non-hydrogen) atoms. The molecule has 0 radical (unpaired) electrons. The van der Waals surface area contributed by atoms with Crippen molar-refractivity contribution in [1.29, 1.82) is 0 Å². The fourth-order valence-electron chi connectivity index (χ4n) is 2.05. The zero-order valence-electron chi connectivity index (χ0n) is 10.9. The summed E-state index contributed by atoms with van der Waals surface area (Å²) in [6.45, 7) is 1.93. The third kappa shape index (κ3) is 3.24. The SMILES string of the molecule is COC(=O)N1CCN(C(=O)c2ccc(Cl)cc2Br)CC1. The van der Waals surface area contributed by atoms with Crippen LogP contribution in [-0.2, 0) is 4.74 Å². The van der Waals surface area contributed by atoms with E-state index < -0.39 is 0 Å². The van der Waals surface area contributed by atoms with Crippen molar-refractivity contribution in [3.8, 4) is 0 Å². The molecule has 1 saturated heterocycles. The Kier molecular flexibility index (Phi) is 4.88. The molecule has 5 nitrogen and oxygen atoms in total. The molecule has 0 saturated carbocycles. The highest BCUT2D eigenvalue weighted by atomic mass is 79.9. The van der Waals surface area contributed by atoms with Crippen molar-refractivity contribution >= 4 is 39.5 Å². The van der Waals surface area contributed by atoms with E-state index in [2.05, 4.69) is 20.7 Å². The number of piperazine rings is 1. The van der Waals surface area contributed by atoms with E-state index >= 15 is 0 Å². The van der Waals surface area contributed by atoms with Gasteiger partial charge >= 0.3 is 6.09 Å². The number of hydrogen-bond donors (Lipinski definition) is 0. The summed E-state index contributed by atoms with van der Waals surface area (Å²) in [5.74, 6) is -0.0712. The molecule has 2 rings (SSSR count). The van der Waals surface area contributed by atoms with Crippen LogP contribution in [-0.4, -0.2) is 55.1 Å². The highest BCUT2D eigenvalue weighted by Crippen LogP contribution is 2.23. The number of nitrogens with zero attached hydrogens (tertiary/aromatic N) is 2. The predicted octanol–water partition coefficient (Wildman–Crippen LogP) is 2.63. The van der Waals surface area contributed by atoms with E-state index in [0.29, 0.717) is 41.2 Å². The Hall–Kier alpha value is -1.27. The van der Waals surface area contributed by atoms with Crippen LogP contribution in [0.1, 0.15) is 10.4 Å². The summed E-state index contributed by atoms with van der Waals surface area (Å²) < 4.78 is 5.34. The second-order valence-corrected chi connectivity index (χ2v) is 5.66. The Morgan fingerprint density at radius 2 is 1.80 bits per heavy atom. The number of benzene rings is 1. The molecule has 0 bridgehead atoms. The average Bonchev–Trinajstić information content (AvgIpc) is 2.46. The molecule has 0 spiro atoms. The summed E-state index contributed by atoms with van der Waals surface area (Å²) >= 11 is 9.21. The molecule has 1 aromatic carbocycles. The van der Waals surface area contributed by atoms with Crippen molar-refractivity contribution < 1.29 is 14.3 Å². The Labute approximate surface area is 130 Å². The van der Waals surface area contributed by atoms with Gasteiger partial charge in [-0.2, -0.15) is 0 Å². The van der Waals surface area contributed by atoms with Gasteiger partial charge in [0.2, 0.25) is 0 Å². The molecule has 1 aliphatic heterocycles. The van der Waals surface area contributed by atoms with Crippen LogP contribution in [0.4, 0.5) is 4.79 Å². The predicted molar refractivity (Wildman–Crippen MR) is 79.0 cm³/mol. The van der Waals surface area contributed by atoms with Crippen LogP contribution in [0, 0.1) is 0 Å². The van der Waals surface area contributed by atoms with Gasteiger partial charge < -0.3 is 14.5 Å². The van der Waals surface area contributed by atoms with Crippen molar-refractivity contribution in [2.45, 2.75) is 0 Å². The van der Waals surface area contributed by atoms with Gasteiger partial charge in [0, 0.05) is 35.7 Å². The second-order valence-electron chi connectivity index (χ2n) is 4.37. The summed E-state index contributed by atoms with van der Waals surface area (Å²) in [6.07, 6.45) is -0.357. The van der Waals surface area contributed by atoms with Gasteiger partial charge in [-0.05, 0) is 34.1 Å². The van der Waals surface area contributed by atoms with E-state index in [0.717, 1.165) is 0 Å². The van der Waals surface area contributed by atoms with E-state index in [4.69, 9.17) is 11.6 Å². The first-order valence-corrected chi connectivity index (χ1v) is 7.27. The van der Waals surface area contributed by atoms with E-state index in [1.807, 2.05) is 0 Å². The highest BCUT2D eigenvalue weighted by Gasteiger charge is 2.26. The van der Waals surface area contributed by atoms with Crippen LogP contribution in [0.2, 0.25) is 5.02 Å². The Bertz CT molecular complexity index is 530. The van der Waals surface area contributed by atoms with Gasteiger partial charge in [0.1, 0.15) is 0 Å². The van der Waals surface area contributed by atoms with Gasteiger partial charge in [0.15, 0.2) is 0 Å². The number of halogens is 2. The number of rotatable bonds is 1. The lowest BCUT2D eigenvalue weighted by molar-refractivity contribution is 0.0599. The fraction of sp³-hybridized carbons (Fsp3) is 0.385. The molecular formula is C13H14BrClN2O3. The fourth-order valence-corrected chi connectivity index (χ4v) is 2.91. The first-order valence-electron chi connectivity index (χ1n) is 6.10. The van der Waals surface area contributed by atoms with Gasteiger partial charge in [0.25, 0.3) is 5.91 Å². The minimum Gasteiger partial charge on any atom is -0.453 e. The molecule has 1 fully saturated rings. The zero-order chi connectivity index (χ0) is 14.7. The molecule has 108 valence electrons. The van der Waals surface area contributed by atoms with Crippen molar-refractivity contribution in [2.24, 2.45) is 0 Å². The second kappa shape index (κ2) is 6.45. The monoisotopic (exact) mass is 360 g/mol. The zero-order valence-corrected chi connectivity index (χ0v) is 13.3. The van der Waals surface area contributed by atoms with Gasteiger partial charge in [-0.15, -0.1) is 0 Å². The lowest BCUT2D eigenvalue weighted by atomic mass is 10.2. The lowest BCUT2D eigenvalue weighted by Crippen LogP contribution is -2.50. The number of hydrogen-bond acceptors (Lipinski definition) is 3. The molecule has 1 aromatic rings. The van der Waals surface area contributed by atoms with Crippen LogP contribution >= 0.6 is 27.5 Å². The molecule has 0 unspecified atom stereocenters. The molecule has 2 amide bonds. The summed E-state index contributed by atoms with van der Waals surface area (Å²) in [7, 11) is 1.35. The quantitative estimate of drug-likeness (QED) is 0.772. The first-order chi connectivity index (χ1) is 9.52.